The van der Waals surface area contributed by atoms with Crippen LogP contribution in [0.3, 0.4) is 0 Å². The van der Waals surface area contributed by atoms with Crippen molar-refractivity contribution < 1.29 is 4.79 Å². The molecule has 1 aliphatic rings. The van der Waals surface area contributed by atoms with Gasteiger partial charge in [0.15, 0.2) is 16.3 Å². The van der Waals surface area contributed by atoms with Crippen LogP contribution in [-0.4, -0.2) is 36.8 Å². The Balaban J connectivity index is 1.69. The first-order chi connectivity index (χ1) is 12.3. The van der Waals surface area contributed by atoms with E-state index in [1.165, 1.54) is 29.8 Å². The minimum Gasteiger partial charge on any atom is -0.352 e. The topological polar surface area (TPSA) is 102 Å². The van der Waals surface area contributed by atoms with Gasteiger partial charge in [-0.2, -0.15) is 0 Å². The molecule has 26 heavy (non-hydrogen) atoms. The summed E-state index contributed by atoms with van der Waals surface area (Å²) < 4.78 is 2.36. The predicted molar refractivity (Wildman–Crippen MR) is 101 cm³/mol. The highest BCUT2D eigenvalue weighted by Gasteiger charge is 2.28. The summed E-state index contributed by atoms with van der Waals surface area (Å²) in [5, 5.41) is 3.58. The Bertz CT molecular complexity index is 944. The van der Waals surface area contributed by atoms with Gasteiger partial charge in [0.1, 0.15) is 0 Å². The molecule has 142 valence electrons. The Morgan fingerprint density at radius 2 is 2.00 bits per heavy atom. The number of nitrogens with zero attached hydrogens (tertiary/aromatic N) is 3. The van der Waals surface area contributed by atoms with Crippen LogP contribution in [0.1, 0.15) is 33.1 Å². The molecular weight excluding hydrogens is 354 g/mol. The number of carbonyl (C=O) groups is 1. The number of imidazole rings is 1. The Morgan fingerprint density at radius 3 is 2.73 bits per heavy atom. The third kappa shape index (κ3) is 3.44. The molecular formula is C17H25N5O3S. The minimum absolute atomic E-state index is 0.0387. The Kier molecular flexibility index (Phi) is 5.27. The lowest BCUT2D eigenvalue weighted by molar-refractivity contribution is -0.120. The molecule has 1 amide bonds. The summed E-state index contributed by atoms with van der Waals surface area (Å²) in [5.74, 6) is 1.27. The number of H-pyrrole nitrogens is 1. The highest BCUT2D eigenvalue weighted by molar-refractivity contribution is 7.99. The summed E-state index contributed by atoms with van der Waals surface area (Å²) in [6, 6.07) is 0.218. The van der Waals surface area contributed by atoms with E-state index in [1.54, 1.807) is 7.05 Å². The summed E-state index contributed by atoms with van der Waals surface area (Å²) in [7, 11) is 3.00. The van der Waals surface area contributed by atoms with Crippen LogP contribution in [0.25, 0.3) is 11.2 Å². The second-order valence-electron chi connectivity index (χ2n) is 7.18. The minimum atomic E-state index is -0.427. The van der Waals surface area contributed by atoms with Crippen LogP contribution < -0.4 is 16.6 Å². The summed E-state index contributed by atoms with van der Waals surface area (Å²) in [4.78, 5) is 43.7. The first kappa shape index (κ1) is 18.8. The molecule has 1 saturated carbocycles. The lowest BCUT2D eigenvalue weighted by Gasteiger charge is -2.34. The highest BCUT2D eigenvalue weighted by Crippen LogP contribution is 2.29. The predicted octanol–water partition coefficient (Wildman–Crippen LogP) is 0.993. The number of aromatic nitrogens is 4. The van der Waals surface area contributed by atoms with Crippen molar-refractivity contribution in [1.29, 1.82) is 0 Å². The fraction of sp³-hybridized carbons (Fsp3) is 0.647. The van der Waals surface area contributed by atoms with E-state index in [9.17, 15) is 14.4 Å². The standard InChI is InChI=1S/C17H25N5O3S/c1-9-6-5-7-11(10(9)2)18-12(23)8-26-16-19-13-14(20-16)21(3)17(25)22(4)15(13)24/h9-11H,5-8H2,1-4H3,(H,18,23)(H,19,20)/t9-,10-,11-/m1/s1. The van der Waals surface area contributed by atoms with Crippen LogP contribution in [-0.2, 0) is 18.9 Å². The van der Waals surface area contributed by atoms with Gasteiger partial charge in [0.05, 0.1) is 5.75 Å². The number of hydrogen-bond acceptors (Lipinski definition) is 5. The van der Waals surface area contributed by atoms with Crippen LogP contribution >= 0.6 is 11.8 Å². The van der Waals surface area contributed by atoms with Gasteiger partial charge in [0.25, 0.3) is 5.56 Å². The molecule has 2 N–H and O–H groups in total. The molecule has 0 aliphatic heterocycles. The maximum Gasteiger partial charge on any atom is 0.332 e. The molecule has 2 aromatic rings. The SMILES string of the molecule is C[C@@H]1[C@H](C)CCC[C@H]1NC(=O)CSc1nc2c([nH]1)c(=O)n(C)c(=O)n2C. The lowest BCUT2D eigenvalue weighted by atomic mass is 9.78. The van der Waals surface area contributed by atoms with Gasteiger partial charge >= 0.3 is 5.69 Å². The smallest absolute Gasteiger partial charge is 0.332 e. The molecule has 9 heteroatoms. The van der Waals surface area contributed by atoms with E-state index >= 15 is 0 Å². The molecule has 0 aromatic carbocycles. The summed E-state index contributed by atoms with van der Waals surface area (Å²) in [6.07, 6.45) is 3.38. The van der Waals surface area contributed by atoms with E-state index in [4.69, 9.17) is 0 Å². The number of carbonyl (C=O) groups excluding carboxylic acids is 1. The molecule has 1 aliphatic carbocycles. The van der Waals surface area contributed by atoms with Crippen LogP contribution in [0, 0.1) is 11.8 Å². The first-order valence-electron chi connectivity index (χ1n) is 8.87. The Morgan fingerprint density at radius 1 is 1.27 bits per heavy atom. The van der Waals surface area contributed by atoms with Crippen LogP contribution in [0.5, 0.6) is 0 Å². The number of rotatable bonds is 4. The zero-order valence-corrected chi connectivity index (χ0v) is 16.4. The van der Waals surface area contributed by atoms with Crippen molar-refractivity contribution in [1.82, 2.24) is 24.4 Å². The molecule has 3 atom stereocenters. The maximum atomic E-state index is 12.3. The van der Waals surface area contributed by atoms with Crippen molar-refractivity contribution in [3.8, 4) is 0 Å². The van der Waals surface area contributed by atoms with Crippen molar-refractivity contribution in [3.05, 3.63) is 20.8 Å². The summed E-state index contributed by atoms with van der Waals surface area (Å²) in [5.41, 5.74) is -0.274. The van der Waals surface area contributed by atoms with Crippen LogP contribution in [0.15, 0.2) is 14.7 Å². The van der Waals surface area contributed by atoms with Gasteiger partial charge in [-0.15, -0.1) is 0 Å². The van der Waals surface area contributed by atoms with Gasteiger partial charge in [-0.25, -0.2) is 9.78 Å². The molecule has 1 fully saturated rings. The van der Waals surface area contributed by atoms with Crippen LogP contribution in [0.4, 0.5) is 0 Å². The van der Waals surface area contributed by atoms with E-state index in [2.05, 4.69) is 29.1 Å². The highest BCUT2D eigenvalue weighted by atomic mass is 32.2. The molecule has 0 radical (unpaired) electrons. The van der Waals surface area contributed by atoms with Gasteiger partial charge < -0.3 is 10.3 Å². The quantitative estimate of drug-likeness (QED) is 0.772. The fourth-order valence-corrected chi connectivity index (χ4v) is 4.22. The van der Waals surface area contributed by atoms with E-state index < -0.39 is 11.2 Å². The number of aryl methyl sites for hydroxylation is 1. The first-order valence-corrected chi connectivity index (χ1v) is 9.86. The van der Waals surface area contributed by atoms with Crippen molar-refractivity contribution in [2.45, 2.75) is 44.3 Å². The zero-order valence-electron chi connectivity index (χ0n) is 15.5. The molecule has 2 aromatic heterocycles. The summed E-state index contributed by atoms with van der Waals surface area (Å²) >= 11 is 1.23. The van der Waals surface area contributed by atoms with E-state index in [0.717, 1.165) is 17.4 Å². The average Bonchev–Trinajstić information content (AvgIpc) is 3.05. The number of fused-ring (bicyclic) bond motifs is 1. The van der Waals surface area contributed by atoms with Crippen molar-refractivity contribution >= 4 is 28.8 Å². The maximum absolute atomic E-state index is 12.3. The number of amides is 1. The van der Waals surface area contributed by atoms with Gasteiger partial charge in [-0.3, -0.25) is 18.7 Å². The molecule has 0 bridgehead atoms. The van der Waals surface area contributed by atoms with Crippen molar-refractivity contribution in [2.24, 2.45) is 25.9 Å². The Hall–Kier alpha value is -2.03. The fourth-order valence-electron chi connectivity index (χ4n) is 3.54. The number of thioether (sulfide) groups is 1. The molecule has 0 spiro atoms. The molecule has 3 rings (SSSR count). The number of hydrogen-bond donors (Lipinski definition) is 2. The van der Waals surface area contributed by atoms with Gasteiger partial charge in [-0.05, 0) is 18.3 Å². The molecule has 8 nitrogen and oxygen atoms in total. The molecule has 0 unspecified atom stereocenters. The average molecular weight is 379 g/mol. The van der Waals surface area contributed by atoms with Crippen molar-refractivity contribution in [2.75, 3.05) is 5.75 Å². The van der Waals surface area contributed by atoms with Gasteiger partial charge in [-0.1, -0.05) is 38.5 Å². The zero-order chi connectivity index (χ0) is 19.0. The summed E-state index contributed by atoms with van der Waals surface area (Å²) in [6.45, 7) is 4.42. The van der Waals surface area contributed by atoms with Crippen LogP contribution in [0.2, 0.25) is 0 Å². The second-order valence-corrected chi connectivity index (χ2v) is 8.14. The number of nitrogens with one attached hydrogen (secondary N) is 2. The third-order valence-corrected chi connectivity index (χ3v) is 6.34. The molecule has 0 saturated heterocycles. The lowest BCUT2D eigenvalue weighted by Crippen LogP contribution is -2.44. The second kappa shape index (κ2) is 7.30. The molecule has 2 heterocycles. The number of aromatic amines is 1. The van der Waals surface area contributed by atoms with Gasteiger partial charge in [0.2, 0.25) is 5.91 Å². The third-order valence-electron chi connectivity index (χ3n) is 5.47. The van der Waals surface area contributed by atoms with E-state index in [1.807, 2.05) is 0 Å². The monoisotopic (exact) mass is 379 g/mol. The largest absolute Gasteiger partial charge is 0.352 e. The Labute approximate surface area is 155 Å². The van der Waals surface area contributed by atoms with E-state index in [0.29, 0.717) is 22.6 Å². The van der Waals surface area contributed by atoms with E-state index in [-0.39, 0.29) is 23.2 Å². The normalized spacial score (nSPS) is 23.3. The van der Waals surface area contributed by atoms with Gasteiger partial charge in [0, 0.05) is 20.1 Å². The van der Waals surface area contributed by atoms with Crippen molar-refractivity contribution in [3.63, 3.8) is 0 Å².